The fraction of sp³-hybridized carbons (Fsp3) is 1.00. The fourth-order valence-corrected chi connectivity index (χ4v) is 3.44. The van der Waals surface area contributed by atoms with E-state index in [1.54, 1.807) is 7.11 Å². The molecule has 18 heavy (non-hydrogen) atoms. The van der Waals surface area contributed by atoms with Crippen molar-refractivity contribution < 1.29 is 4.74 Å². The highest BCUT2D eigenvalue weighted by Gasteiger charge is 2.26. The van der Waals surface area contributed by atoms with E-state index in [4.69, 9.17) is 4.74 Å². The summed E-state index contributed by atoms with van der Waals surface area (Å²) in [5.41, 5.74) is 0.181. The summed E-state index contributed by atoms with van der Waals surface area (Å²) >= 11 is 2.12. The summed E-state index contributed by atoms with van der Waals surface area (Å²) in [6, 6.07) is 0.504. The molecule has 4 heteroatoms. The van der Waals surface area contributed by atoms with Crippen LogP contribution in [0.5, 0.6) is 0 Å². The average molecular weight is 274 g/mol. The highest BCUT2D eigenvalue weighted by atomic mass is 32.2. The number of ether oxygens (including phenoxy) is 1. The number of hydrogen-bond acceptors (Lipinski definition) is 4. The SMILES string of the molecule is CCC1CN(C(CNC(C)(C)C)COC)CCS1. The molecule has 0 saturated carbocycles. The molecule has 1 rings (SSSR count). The van der Waals surface area contributed by atoms with Crippen LogP contribution >= 0.6 is 11.8 Å². The van der Waals surface area contributed by atoms with Gasteiger partial charge in [-0.3, -0.25) is 4.90 Å². The Morgan fingerprint density at radius 3 is 2.72 bits per heavy atom. The van der Waals surface area contributed by atoms with E-state index in [1.165, 1.54) is 25.3 Å². The molecule has 0 radical (unpaired) electrons. The average Bonchev–Trinajstić information content (AvgIpc) is 2.33. The quantitative estimate of drug-likeness (QED) is 0.803. The first kappa shape index (κ1) is 16.3. The maximum absolute atomic E-state index is 5.40. The summed E-state index contributed by atoms with van der Waals surface area (Å²) in [7, 11) is 1.81. The number of methoxy groups -OCH3 is 1. The molecule has 0 aromatic rings. The standard InChI is InChI=1S/C14H30N2OS/c1-6-13-10-16(7-8-18-13)12(11-17-5)9-15-14(2,3)4/h12-13,15H,6-11H2,1-5H3. The third-order valence-electron chi connectivity index (χ3n) is 3.37. The molecule has 1 fully saturated rings. The Morgan fingerprint density at radius 2 is 2.17 bits per heavy atom. The van der Waals surface area contributed by atoms with E-state index in [9.17, 15) is 0 Å². The number of hydrogen-bond donors (Lipinski definition) is 1. The van der Waals surface area contributed by atoms with Crippen LogP contribution in [-0.4, -0.2) is 60.8 Å². The molecule has 0 spiro atoms. The second-order valence-corrected chi connectivity index (χ2v) is 7.54. The highest BCUT2D eigenvalue weighted by molar-refractivity contribution is 8.00. The normalized spacial score (nSPS) is 24.2. The van der Waals surface area contributed by atoms with Gasteiger partial charge in [-0.05, 0) is 27.2 Å². The molecule has 1 aliphatic heterocycles. The largest absolute Gasteiger partial charge is 0.383 e. The van der Waals surface area contributed by atoms with Crippen LogP contribution < -0.4 is 5.32 Å². The van der Waals surface area contributed by atoms with Gasteiger partial charge in [0.2, 0.25) is 0 Å². The van der Waals surface area contributed by atoms with Crippen LogP contribution in [0.2, 0.25) is 0 Å². The third kappa shape index (κ3) is 5.91. The van der Waals surface area contributed by atoms with Gasteiger partial charge in [0.15, 0.2) is 0 Å². The summed E-state index contributed by atoms with van der Waals surface area (Å²) in [6.07, 6.45) is 1.27. The molecule has 0 bridgehead atoms. The van der Waals surface area contributed by atoms with Crippen LogP contribution in [0.3, 0.4) is 0 Å². The lowest BCUT2D eigenvalue weighted by Gasteiger charge is -2.38. The summed E-state index contributed by atoms with van der Waals surface area (Å²) in [6.45, 7) is 13.2. The second kappa shape index (κ2) is 7.73. The molecule has 2 atom stereocenters. The number of nitrogens with zero attached hydrogens (tertiary/aromatic N) is 1. The van der Waals surface area contributed by atoms with Gasteiger partial charge in [-0.2, -0.15) is 11.8 Å². The first-order valence-corrected chi connectivity index (χ1v) is 8.10. The van der Waals surface area contributed by atoms with E-state index in [2.05, 4.69) is 49.7 Å². The van der Waals surface area contributed by atoms with Gasteiger partial charge in [0.05, 0.1) is 6.61 Å². The van der Waals surface area contributed by atoms with Crippen LogP contribution in [0.1, 0.15) is 34.1 Å². The highest BCUT2D eigenvalue weighted by Crippen LogP contribution is 2.22. The molecule has 1 aliphatic rings. The van der Waals surface area contributed by atoms with Crippen molar-refractivity contribution in [2.24, 2.45) is 0 Å². The van der Waals surface area contributed by atoms with Gasteiger partial charge in [-0.25, -0.2) is 0 Å². The molecule has 108 valence electrons. The predicted molar refractivity (Wildman–Crippen MR) is 81.5 cm³/mol. The number of rotatable bonds is 6. The molecule has 0 aromatic heterocycles. The maximum Gasteiger partial charge on any atom is 0.0630 e. The summed E-state index contributed by atoms with van der Waals surface area (Å²) in [5.74, 6) is 1.26. The minimum atomic E-state index is 0.181. The lowest BCUT2D eigenvalue weighted by atomic mass is 10.1. The predicted octanol–water partition coefficient (Wildman–Crippen LogP) is 2.22. The molecule has 1 N–H and O–H groups in total. The monoisotopic (exact) mass is 274 g/mol. The van der Waals surface area contributed by atoms with Crippen molar-refractivity contribution >= 4 is 11.8 Å². The zero-order valence-electron chi connectivity index (χ0n) is 12.7. The van der Waals surface area contributed by atoms with Gasteiger partial charge >= 0.3 is 0 Å². The number of nitrogens with one attached hydrogen (secondary N) is 1. The summed E-state index contributed by atoms with van der Waals surface area (Å²) < 4.78 is 5.40. The molecular weight excluding hydrogens is 244 g/mol. The van der Waals surface area contributed by atoms with Gasteiger partial charge < -0.3 is 10.1 Å². The Kier molecular flexibility index (Phi) is 6.99. The summed E-state index contributed by atoms with van der Waals surface area (Å²) in [5, 5.41) is 4.41. The van der Waals surface area contributed by atoms with Gasteiger partial charge in [0, 0.05) is 49.3 Å². The zero-order valence-corrected chi connectivity index (χ0v) is 13.5. The number of thioether (sulfide) groups is 1. The first-order valence-electron chi connectivity index (χ1n) is 7.06. The minimum absolute atomic E-state index is 0.181. The van der Waals surface area contributed by atoms with Gasteiger partial charge in [-0.15, -0.1) is 0 Å². The van der Waals surface area contributed by atoms with E-state index in [0.717, 1.165) is 18.4 Å². The van der Waals surface area contributed by atoms with E-state index in [-0.39, 0.29) is 5.54 Å². The van der Waals surface area contributed by atoms with Crippen molar-refractivity contribution in [3.8, 4) is 0 Å². The molecule has 1 heterocycles. The van der Waals surface area contributed by atoms with Crippen molar-refractivity contribution in [2.45, 2.75) is 50.9 Å². The Hall–Kier alpha value is 0.230. The summed E-state index contributed by atoms with van der Waals surface area (Å²) in [4.78, 5) is 2.60. The van der Waals surface area contributed by atoms with Crippen LogP contribution in [0.25, 0.3) is 0 Å². The van der Waals surface area contributed by atoms with E-state index in [1.807, 2.05) is 0 Å². The van der Waals surface area contributed by atoms with Gasteiger partial charge in [0.1, 0.15) is 0 Å². The molecule has 1 saturated heterocycles. The van der Waals surface area contributed by atoms with Crippen molar-refractivity contribution in [3.63, 3.8) is 0 Å². The second-order valence-electron chi connectivity index (χ2n) is 6.14. The van der Waals surface area contributed by atoms with Crippen LogP contribution in [-0.2, 0) is 4.74 Å². The molecule has 0 amide bonds. The topological polar surface area (TPSA) is 24.5 Å². The third-order valence-corrected chi connectivity index (χ3v) is 4.74. The Labute approximate surface area is 117 Å². The molecular formula is C14H30N2OS. The smallest absolute Gasteiger partial charge is 0.0630 e. The van der Waals surface area contributed by atoms with Crippen LogP contribution in [0.15, 0.2) is 0 Å². The molecule has 0 aromatic carbocycles. The Bertz CT molecular complexity index is 230. The Balaban J connectivity index is 2.49. The lowest BCUT2D eigenvalue weighted by Crippen LogP contribution is -2.53. The van der Waals surface area contributed by atoms with Crippen molar-refractivity contribution in [1.29, 1.82) is 0 Å². The van der Waals surface area contributed by atoms with Crippen LogP contribution in [0.4, 0.5) is 0 Å². The Morgan fingerprint density at radius 1 is 1.44 bits per heavy atom. The van der Waals surface area contributed by atoms with E-state index < -0.39 is 0 Å². The van der Waals surface area contributed by atoms with Crippen LogP contribution in [0, 0.1) is 0 Å². The van der Waals surface area contributed by atoms with Gasteiger partial charge in [-0.1, -0.05) is 6.92 Å². The van der Waals surface area contributed by atoms with Crippen molar-refractivity contribution in [1.82, 2.24) is 10.2 Å². The van der Waals surface area contributed by atoms with Crippen molar-refractivity contribution in [2.75, 3.05) is 39.1 Å². The molecule has 0 aliphatic carbocycles. The van der Waals surface area contributed by atoms with E-state index >= 15 is 0 Å². The molecule has 2 unspecified atom stereocenters. The maximum atomic E-state index is 5.40. The molecule has 3 nitrogen and oxygen atoms in total. The van der Waals surface area contributed by atoms with E-state index in [0.29, 0.717) is 6.04 Å². The minimum Gasteiger partial charge on any atom is -0.383 e. The van der Waals surface area contributed by atoms with Crippen molar-refractivity contribution in [3.05, 3.63) is 0 Å². The first-order chi connectivity index (χ1) is 8.46. The zero-order chi connectivity index (χ0) is 13.6. The fourth-order valence-electron chi connectivity index (χ4n) is 2.23. The lowest BCUT2D eigenvalue weighted by molar-refractivity contribution is 0.0871. The van der Waals surface area contributed by atoms with Gasteiger partial charge in [0.25, 0.3) is 0 Å².